The summed E-state index contributed by atoms with van der Waals surface area (Å²) >= 11 is 1.90. The number of nitrogens with one attached hydrogen (secondary N) is 1. The summed E-state index contributed by atoms with van der Waals surface area (Å²) in [7, 11) is 1.96. The van der Waals surface area contributed by atoms with Crippen LogP contribution in [0.3, 0.4) is 0 Å². The van der Waals surface area contributed by atoms with Crippen LogP contribution in [-0.4, -0.2) is 17.8 Å². The minimum atomic E-state index is 0.327. The topological polar surface area (TPSA) is 24.9 Å². The molecule has 1 heterocycles. The lowest BCUT2D eigenvalue weighted by atomic mass is 10.2. The van der Waals surface area contributed by atoms with E-state index in [0.29, 0.717) is 6.04 Å². The van der Waals surface area contributed by atoms with Gasteiger partial charge in [-0.15, -0.1) is 11.8 Å². The molecule has 3 heteroatoms. The molecule has 2 atom stereocenters. The Bertz CT molecular complexity index is 297. The van der Waals surface area contributed by atoms with E-state index in [2.05, 4.69) is 43.2 Å². The summed E-state index contributed by atoms with van der Waals surface area (Å²) in [5.74, 6) is 1.96. The van der Waals surface area contributed by atoms with E-state index in [1.165, 1.54) is 17.1 Å². The van der Waals surface area contributed by atoms with E-state index in [0.717, 1.165) is 11.6 Å². The largest absolute Gasteiger partial charge is 0.312 e. The molecule has 0 aliphatic carbocycles. The van der Waals surface area contributed by atoms with E-state index in [1.807, 2.05) is 25.0 Å². The minimum absolute atomic E-state index is 0.327. The molecule has 0 amide bonds. The summed E-state index contributed by atoms with van der Waals surface area (Å²) in [6.07, 6.45) is 3.23. The number of hydrogen-bond donors (Lipinski definition) is 1. The third-order valence-corrected chi connectivity index (χ3v) is 4.18. The molecular formula is C13H22N2S. The molecule has 0 saturated carbocycles. The molecule has 0 bridgehead atoms. The lowest BCUT2D eigenvalue weighted by Crippen LogP contribution is -2.13. The third-order valence-electron chi connectivity index (χ3n) is 2.87. The molecule has 0 aromatic carbocycles. The van der Waals surface area contributed by atoms with Crippen molar-refractivity contribution in [2.24, 2.45) is 5.92 Å². The van der Waals surface area contributed by atoms with Crippen molar-refractivity contribution in [2.75, 3.05) is 12.8 Å². The smallest absolute Gasteiger partial charge is 0.0571 e. The average molecular weight is 238 g/mol. The second-order valence-corrected chi connectivity index (χ2v) is 5.35. The standard InChI is InChI=1S/C13H22N2S/c1-5-10(2)9-16-12-6-7-13(15-8-12)11(3)14-4/h6-8,10-11,14H,5,9H2,1-4H3. The molecule has 90 valence electrons. The van der Waals surface area contributed by atoms with E-state index >= 15 is 0 Å². The van der Waals surface area contributed by atoms with Crippen molar-refractivity contribution < 1.29 is 0 Å². The van der Waals surface area contributed by atoms with Crippen LogP contribution in [0.25, 0.3) is 0 Å². The molecule has 0 aliphatic rings. The van der Waals surface area contributed by atoms with Crippen molar-refractivity contribution in [3.05, 3.63) is 24.0 Å². The second kappa shape index (κ2) is 6.92. The minimum Gasteiger partial charge on any atom is -0.312 e. The fourth-order valence-corrected chi connectivity index (χ4v) is 2.24. The van der Waals surface area contributed by atoms with E-state index in [4.69, 9.17) is 0 Å². The Hall–Kier alpha value is -0.540. The van der Waals surface area contributed by atoms with Gasteiger partial charge in [0.05, 0.1) is 5.69 Å². The molecule has 0 radical (unpaired) electrons. The highest BCUT2D eigenvalue weighted by Gasteiger charge is 2.04. The van der Waals surface area contributed by atoms with Gasteiger partial charge in [0.1, 0.15) is 0 Å². The van der Waals surface area contributed by atoms with Crippen molar-refractivity contribution in [3.8, 4) is 0 Å². The molecule has 1 rings (SSSR count). The van der Waals surface area contributed by atoms with Crippen molar-refractivity contribution in [3.63, 3.8) is 0 Å². The zero-order chi connectivity index (χ0) is 12.0. The SMILES string of the molecule is CCC(C)CSc1ccc(C(C)NC)nc1. The first kappa shape index (κ1) is 13.5. The molecule has 0 spiro atoms. The van der Waals surface area contributed by atoms with Crippen LogP contribution in [0.4, 0.5) is 0 Å². The van der Waals surface area contributed by atoms with Crippen molar-refractivity contribution in [1.82, 2.24) is 10.3 Å². The van der Waals surface area contributed by atoms with E-state index in [1.54, 1.807) is 0 Å². The Morgan fingerprint density at radius 1 is 1.38 bits per heavy atom. The highest BCUT2D eigenvalue weighted by Crippen LogP contribution is 2.22. The summed E-state index contributed by atoms with van der Waals surface area (Å²) < 4.78 is 0. The molecule has 2 unspecified atom stereocenters. The summed E-state index contributed by atoms with van der Waals surface area (Å²) in [6.45, 7) is 6.65. The fourth-order valence-electron chi connectivity index (χ4n) is 1.24. The fraction of sp³-hybridized carbons (Fsp3) is 0.615. The highest BCUT2D eigenvalue weighted by molar-refractivity contribution is 7.99. The quantitative estimate of drug-likeness (QED) is 0.768. The van der Waals surface area contributed by atoms with Gasteiger partial charge in [-0.25, -0.2) is 0 Å². The predicted octanol–water partition coefficient (Wildman–Crippen LogP) is 3.50. The molecule has 0 fully saturated rings. The second-order valence-electron chi connectivity index (χ2n) is 4.25. The maximum atomic E-state index is 4.47. The lowest BCUT2D eigenvalue weighted by Gasteiger charge is -2.11. The Kier molecular flexibility index (Phi) is 5.85. The first-order valence-corrected chi connectivity index (χ1v) is 6.92. The average Bonchev–Trinajstić information content (AvgIpc) is 2.35. The third kappa shape index (κ3) is 4.14. The Morgan fingerprint density at radius 3 is 2.62 bits per heavy atom. The zero-order valence-corrected chi connectivity index (χ0v) is 11.5. The van der Waals surface area contributed by atoms with Gasteiger partial charge in [0.25, 0.3) is 0 Å². The van der Waals surface area contributed by atoms with Crippen LogP contribution in [0.15, 0.2) is 23.2 Å². The number of rotatable bonds is 6. The summed E-state index contributed by atoms with van der Waals surface area (Å²) in [5.41, 5.74) is 1.11. The van der Waals surface area contributed by atoms with Crippen LogP contribution in [0.5, 0.6) is 0 Å². The molecule has 0 saturated heterocycles. The number of nitrogens with zero attached hydrogens (tertiary/aromatic N) is 1. The van der Waals surface area contributed by atoms with Gasteiger partial charge < -0.3 is 5.32 Å². The lowest BCUT2D eigenvalue weighted by molar-refractivity contribution is 0.630. The van der Waals surface area contributed by atoms with Gasteiger partial charge in [-0.05, 0) is 32.0 Å². The Balaban J connectivity index is 2.51. The van der Waals surface area contributed by atoms with Crippen LogP contribution >= 0.6 is 11.8 Å². The van der Waals surface area contributed by atoms with Gasteiger partial charge in [-0.2, -0.15) is 0 Å². The van der Waals surface area contributed by atoms with E-state index in [9.17, 15) is 0 Å². The van der Waals surface area contributed by atoms with Crippen LogP contribution in [-0.2, 0) is 0 Å². The number of thioether (sulfide) groups is 1. The van der Waals surface area contributed by atoms with Gasteiger partial charge in [0.15, 0.2) is 0 Å². The molecule has 1 N–H and O–H groups in total. The summed E-state index contributed by atoms with van der Waals surface area (Å²) in [6, 6.07) is 4.61. The van der Waals surface area contributed by atoms with Gasteiger partial charge in [0.2, 0.25) is 0 Å². The van der Waals surface area contributed by atoms with Crippen molar-refractivity contribution in [2.45, 2.75) is 38.1 Å². The van der Waals surface area contributed by atoms with E-state index < -0.39 is 0 Å². The molecule has 1 aromatic rings. The number of hydrogen-bond acceptors (Lipinski definition) is 3. The highest BCUT2D eigenvalue weighted by atomic mass is 32.2. The van der Waals surface area contributed by atoms with Gasteiger partial charge in [-0.1, -0.05) is 20.3 Å². The molecular weight excluding hydrogens is 216 g/mol. The first-order chi connectivity index (χ1) is 7.67. The first-order valence-electron chi connectivity index (χ1n) is 5.93. The normalized spacial score (nSPS) is 14.8. The molecule has 1 aromatic heterocycles. The predicted molar refractivity (Wildman–Crippen MR) is 71.9 cm³/mol. The maximum Gasteiger partial charge on any atom is 0.0571 e. The Labute approximate surface area is 103 Å². The van der Waals surface area contributed by atoms with Crippen LogP contribution in [0.1, 0.15) is 38.9 Å². The molecule has 16 heavy (non-hydrogen) atoms. The van der Waals surface area contributed by atoms with Crippen molar-refractivity contribution in [1.29, 1.82) is 0 Å². The maximum absolute atomic E-state index is 4.47. The van der Waals surface area contributed by atoms with Gasteiger partial charge in [0, 0.05) is 22.9 Å². The van der Waals surface area contributed by atoms with Crippen LogP contribution < -0.4 is 5.32 Å². The van der Waals surface area contributed by atoms with Gasteiger partial charge in [-0.3, -0.25) is 4.98 Å². The molecule has 2 nitrogen and oxygen atoms in total. The van der Waals surface area contributed by atoms with Gasteiger partial charge >= 0.3 is 0 Å². The van der Waals surface area contributed by atoms with Crippen LogP contribution in [0, 0.1) is 5.92 Å². The summed E-state index contributed by atoms with van der Waals surface area (Å²) in [5, 5.41) is 3.19. The number of aromatic nitrogens is 1. The number of pyridine rings is 1. The van der Waals surface area contributed by atoms with Crippen molar-refractivity contribution >= 4 is 11.8 Å². The summed E-state index contributed by atoms with van der Waals surface area (Å²) in [4.78, 5) is 5.74. The molecule has 0 aliphatic heterocycles. The monoisotopic (exact) mass is 238 g/mol. The zero-order valence-electron chi connectivity index (χ0n) is 10.7. The van der Waals surface area contributed by atoms with E-state index in [-0.39, 0.29) is 0 Å². The van der Waals surface area contributed by atoms with Crippen LogP contribution in [0.2, 0.25) is 0 Å². The Morgan fingerprint density at radius 2 is 2.12 bits per heavy atom.